The van der Waals surface area contributed by atoms with Gasteiger partial charge in [-0.1, -0.05) is 6.92 Å². The molecular formula is C12H14ClNOS2. The molecule has 0 saturated heterocycles. The Morgan fingerprint density at radius 2 is 2.35 bits per heavy atom. The van der Waals surface area contributed by atoms with Gasteiger partial charge in [0, 0.05) is 21.3 Å². The normalized spacial score (nSPS) is 12.8. The Labute approximate surface area is 114 Å². The first-order chi connectivity index (χ1) is 8.24. The van der Waals surface area contributed by atoms with Crippen LogP contribution in [0.1, 0.15) is 29.4 Å². The van der Waals surface area contributed by atoms with Crippen molar-refractivity contribution < 1.29 is 4.79 Å². The lowest BCUT2D eigenvalue weighted by Crippen LogP contribution is -2.34. The summed E-state index contributed by atoms with van der Waals surface area (Å²) in [5.74, 6) is 0.605. The maximum absolute atomic E-state index is 12.0. The fourth-order valence-corrected chi connectivity index (χ4v) is 3.92. The average Bonchev–Trinajstić information content (AvgIpc) is 2.88. The lowest BCUT2D eigenvalue weighted by atomic mass is 10.2. The number of carbonyl (C=O) groups is 1. The van der Waals surface area contributed by atoms with Gasteiger partial charge in [-0.05, 0) is 30.4 Å². The zero-order valence-electron chi connectivity index (χ0n) is 9.53. The number of fused-ring (bicyclic) bond motifs is 1. The lowest BCUT2D eigenvalue weighted by molar-refractivity contribution is 0.0939. The molecule has 0 radical (unpaired) electrons. The summed E-state index contributed by atoms with van der Waals surface area (Å²) in [6.45, 7) is 2.06. The van der Waals surface area contributed by atoms with E-state index < -0.39 is 0 Å². The number of alkyl halides is 1. The van der Waals surface area contributed by atoms with Crippen molar-refractivity contribution in [1.82, 2.24) is 5.32 Å². The molecule has 0 saturated carbocycles. The highest BCUT2D eigenvalue weighted by Crippen LogP contribution is 2.29. The van der Waals surface area contributed by atoms with Crippen molar-refractivity contribution in [2.24, 2.45) is 0 Å². The third kappa shape index (κ3) is 3.00. The summed E-state index contributed by atoms with van der Waals surface area (Å²) >= 11 is 8.92. The van der Waals surface area contributed by atoms with Crippen molar-refractivity contribution >= 4 is 49.6 Å². The van der Waals surface area contributed by atoms with Gasteiger partial charge < -0.3 is 5.32 Å². The van der Waals surface area contributed by atoms with E-state index in [1.54, 1.807) is 22.7 Å². The molecule has 1 N–H and O–H groups in total. The average molecular weight is 288 g/mol. The van der Waals surface area contributed by atoms with Gasteiger partial charge in [0.2, 0.25) is 0 Å². The van der Waals surface area contributed by atoms with Gasteiger partial charge in [-0.15, -0.1) is 34.3 Å². The summed E-state index contributed by atoms with van der Waals surface area (Å²) < 4.78 is 2.37. The van der Waals surface area contributed by atoms with Crippen LogP contribution in [0.15, 0.2) is 17.5 Å². The van der Waals surface area contributed by atoms with Crippen molar-refractivity contribution in [2.45, 2.75) is 25.8 Å². The number of amides is 1. The highest BCUT2D eigenvalue weighted by Gasteiger charge is 2.14. The minimum Gasteiger partial charge on any atom is -0.349 e. The van der Waals surface area contributed by atoms with E-state index in [4.69, 9.17) is 11.6 Å². The van der Waals surface area contributed by atoms with Crippen molar-refractivity contribution in [2.75, 3.05) is 5.88 Å². The molecule has 92 valence electrons. The molecule has 1 amide bonds. The number of thiophene rings is 2. The second-order valence-electron chi connectivity index (χ2n) is 3.82. The molecule has 0 aromatic carbocycles. The number of hydrogen-bond donors (Lipinski definition) is 1. The second-order valence-corrected chi connectivity index (χ2v) is 6.23. The van der Waals surface area contributed by atoms with E-state index in [1.807, 2.05) is 11.4 Å². The third-order valence-corrected chi connectivity index (χ3v) is 4.96. The summed E-state index contributed by atoms with van der Waals surface area (Å²) in [5.41, 5.74) is 0. The molecule has 17 heavy (non-hydrogen) atoms. The van der Waals surface area contributed by atoms with Crippen LogP contribution in [0.2, 0.25) is 0 Å². The van der Waals surface area contributed by atoms with Crippen LogP contribution in [0, 0.1) is 0 Å². The number of hydrogen-bond acceptors (Lipinski definition) is 3. The van der Waals surface area contributed by atoms with Crippen LogP contribution in [-0.2, 0) is 0 Å². The SMILES string of the molecule is CCC(CCCl)NC(=O)c1cc2sccc2s1. The highest BCUT2D eigenvalue weighted by atomic mass is 35.5. The van der Waals surface area contributed by atoms with Crippen molar-refractivity contribution in [3.8, 4) is 0 Å². The Morgan fingerprint density at radius 3 is 3.00 bits per heavy atom. The fourth-order valence-electron chi connectivity index (χ4n) is 1.64. The number of halogens is 1. The van der Waals surface area contributed by atoms with Crippen LogP contribution < -0.4 is 5.32 Å². The van der Waals surface area contributed by atoms with Crippen molar-refractivity contribution in [3.05, 3.63) is 22.4 Å². The molecule has 2 rings (SSSR count). The topological polar surface area (TPSA) is 29.1 Å². The Morgan fingerprint density at radius 1 is 1.53 bits per heavy atom. The smallest absolute Gasteiger partial charge is 0.261 e. The summed E-state index contributed by atoms with van der Waals surface area (Å²) in [5, 5.41) is 5.07. The van der Waals surface area contributed by atoms with E-state index in [9.17, 15) is 4.79 Å². The van der Waals surface area contributed by atoms with Crippen LogP contribution in [0.3, 0.4) is 0 Å². The van der Waals surface area contributed by atoms with E-state index in [0.717, 1.165) is 17.7 Å². The van der Waals surface area contributed by atoms with Gasteiger partial charge in [-0.25, -0.2) is 0 Å². The van der Waals surface area contributed by atoms with E-state index in [1.165, 1.54) is 9.40 Å². The number of nitrogens with one attached hydrogen (secondary N) is 1. The first-order valence-electron chi connectivity index (χ1n) is 5.58. The summed E-state index contributed by atoms with van der Waals surface area (Å²) in [7, 11) is 0. The number of carbonyl (C=O) groups excluding carboxylic acids is 1. The molecule has 0 fully saturated rings. The van der Waals surface area contributed by atoms with Gasteiger partial charge in [0.1, 0.15) is 0 Å². The van der Waals surface area contributed by atoms with Gasteiger partial charge in [0.15, 0.2) is 0 Å². The summed E-state index contributed by atoms with van der Waals surface area (Å²) in [4.78, 5) is 12.8. The third-order valence-electron chi connectivity index (χ3n) is 2.65. The maximum Gasteiger partial charge on any atom is 0.261 e. The minimum absolute atomic E-state index is 0.0235. The van der Waals surface area contributed by atoms with Crippen LogP contribution in [0.4, 0.5) is 0 Å². The van der Waals surface area contributed by atoms with Gasteiger partial charge in [0.25, 0.3) is 5.91 Å². The zero-order chi connectivity index (χ0) is 12.3. The van der Waals surface area contributed by atoms with Gasteiger partial charge >= 0.3 is 0 Å². The van der Waals surface area contributed by atoms with Crippen LogP contribution >= 0.6 is 34.3 Å². The molecule has 2 nitrogen and oxygen atoms in total. The summed E-state index contributed by atoms with van der Waals surface area (Å²) in [6.07, 6.45) is 1.74. The first-order valence-corrected chi connectivity index (χ1v) is 7.81. The lowest BCUT2D eigenvalue weighted by Gasteiger charge is -2.14. The molecule has 1 unspecified atom stereocenters. The van der Waals surface area contributed by atoms with E-state index in [0.29, 0.717) is 5.88 Å². The molecule has 0 aliphatic heterocycles. The zero-order valence-corrected chi connectivity index (χ0v) is 11.9. The van der Waals surface area contributed by atoms with Gasteiger partial charge in [0.05, 0.1) is 4.88 Å². The van der Waals surface area contributed by atoms with Crippen molar-refractivity contribution in [3.63, 3.8) is 0 Å². The predicted octanol–water partition coefficient (Wildman–Crippen LogP) is 4.10. The van der Waals surface area contributed by atoms with E-state index in [2.05, 4.69) is 18.3 Å². The molecule has 2 aromatic rings. The molecule has 0 aliphatic carbocycles. The molecule has 2 heterocycles. The Kier molecular flexibility index (Phi) is 4.42. The Hall–Kier alpha value is -0.580. The molecule has 1 atom stereocenters. The molecule has 0 bridgehead atoms. The van der Waals surface area contributed by atoms with Crippen LogP contribution in [0.5, 0.6) is 0 Å². The van der Waals surface area contributed by atoms with E-state index >= 15 is 0 Å². The van der Waals surface area contributed by atoms with Gasteiger partial charge in [-0.2, -0.15) is 0 Å². The highest BCUT2D eigenvalue weighted by molar-refractivity contribution is 7.27. The van der Waals surface area contributed by atoms with Crippen LogP contribution in [-0.4, -0.2) is 17.8 Å². The Balaban J connectivity index is 2.06. The maximum atomic E-state index is 12.0. The monoisotopic (exact) mass is 287 g/mol. The van der Waals surface area contributed by atoms with Gasteiger partial charge in [-0.3, -0.25) is 4.79 Å². The summed E-state index contributed by atoms with van der Waals surface area (Å²) in [6, 6.07) is 4.20. The molecular weight excluding hydrogens is 274 g/mol. The molecule has 2 aromatic heterocycles. The van der Waals surface area contributed by atoms with E-state index in [-0.39, 0.29) is 11.9 Å². The predicted molar refractivity (Wildman–Crippen MR) is 76.6 cm³/mol. The molecule has 0 aliphatic rings. The minimum atomic E-state index is 0.0235. The molecule has 0 spiro atoms. The quantitative estimate of drug-likeness (QED) is 0.824. The molecule has 5 heteroatoms. The number of rotatable bonds is 5. The standard InChI is InChI=1S/C12H14ClNOS2/c1-2-8(3-5-13)14-12(15)11-7-10-9(17-11)4-6-16-10/h4,6-8H,2-3,5H2,1H3,(H,14,15). The van der Waals surface area contributed by atoms with Crippen molar-refractivity contribution in [1.29, 1.82) is 0 Å². The fraction of sp³-hybridized carbons (Fsp3) is 0.417. The van der Waals surface area contributed by atoms with Crippen LogP contribution in [0.25, 0.3) is 9.40 Å². The largest absolute Gasteiger partial charge is 0.349 e. The Bertz CT molecular complexity index is 477. The second kappa shape index (κ2) is 5.85. The first kappa shape index (κ1) is 12.9.